The molecule has 0 fully saturated rings. The van der Waals surface area contributed by atoms with Crippen molar-refractivity contribution in [3.63, 3.8) is 0 Å². The van der Waals surface area contributed by atoms with Crippen LogP contribution in [0, 0.1) is 0 Å². The average Bonchev–Trinajstić information content (AvgIpc) is 3.07. The molecule has 4 rings (SSSR count). The largest absolute Gasteiger partial charge is 0.506 e. The fourth-order valence-electron chi connectivity index (χ4n) is 3.74. The normalized spacial score (nSPS) is 13.8. The third-order valence-corrected chi connectivity index (χ3v) is 5.66. The van der Waals surface area contributed by atoms with E-state index in [1.807, 2.05) is 19.9 Å². The summed E-state index contributed by atoms with van der Waals surface area (Å²) in [5.74, 6) is -1.20. The molecule has 0 bridgehead atoms. The Morgan fingerprint density at radius 2 is 1.75 bits per heavy atom. The van der Waals surface area contributed by atoms with Crippen molar-refractivity contribution >= 4 is 23.4 Å². The quantitative estimate of drug-likeness (QED) is 0.598. The van der Waals surface area contributed by atoms with Crippen LogP contribution in [0.4, 0.5) is 5.69 Å². The van der Waals surface area contributed by atoms with Gasteiger partial charge in [0.2, 0.25) is 0 Å². The number of imide groups is 1. The molecule has 2 aromatic carbocycles. The highest BCUT2D eigenvalue weighted by Crippen LogP contribution is 2.31. The lowest BCUT2D eigenvalue weighted by Gasteiger charge is -2.23. The second kappa shape index (κ2) is 8.63. The Bertz CT molecular complexity index is 1190. The molecule has 1 unspecified atom stereocenters. The van der Waals surface area contributed by atoms with Gasteiger partial charge in [-0.3, -0.25) is 29.2 Å². The molecular weight excluding hydrogens is 406 g/mol. The molecule has 0 spiro atoms. The van der Waals surface area contributed by atoms with Crippen molar-refractivity contribution in [2.24, 2.45) is 0 Å². The van der Waals surface area contributed by atoms with Crippen molar-refractivity contribution in [3.8, 4) is 5.75 Å². The molecule has 0 radical (unpaired) electrons. The van der Waals surface area contributed by atoms with E-state index in [0.29, 0.717) is 23.4 Å². The number of amides is 3. The Hall–Kier alpha value is -4.00. The van der Waals surface area contributed by atoms with E-state index < -0.39 is 11.8 Å². The number of benzene rings is 2. The minimum atomic E-state index is -0.415. The molecule has 1 aromatic heterocycles. The molecule has 7 heteroatoms. The standard InChI is InChI=1S/C25H23N3O4/c1-3-16(2)28-24(31)19-12-11-17(14-20(19)25(28)32)23(30)27(15-18-8-6-7-13-26-18)21-9-4-5-10-22(21)29/h4-14,16,29H,3,15H2,1-2H3. The first-order valence-corrected chi connectivity index (χ1v) is 10.4. The van der Waals surface area contributed by atoms with Crippen LogP contribution in [0.2, 0.25) is 0 Å². The van der Waals surface area contributed by atoms with Crippen LogP contribution in [0.15, 0.2) is 66.9 Å². The van der Waals surface area contributed by atoms with E-state index in [0.717, 1.165) is 0 Å². The summed E-state index contributed by atoms with van der Waals surface area (Å²) in [5, 5.41) is 10.4. The van der Waals surface area contributed by atoms with Gasteiger partial charge in [-0.25, -0.2) is 0 Å². The summed E-state index contributed by atoms with van der Waals surface area (Å²) in [7, 11) is 0. The van der Waals surface area contributed by atoms with E-state index >= 15 is 0 Å². The number of hydrogen-bond acceptors (Lipinski definition) is 5. The third-order valence-electron chi connectivity index (χ3n) is 5.66. The Morgan fingerprint density at radius 1 is 1.03 bits per heavy atom. The number of carbonyl (C=O) groups is 3. The number of hydrogen-bond donors (Lipinski definition) is 1. The number of pyridine rings is 1. The van der Waals surface area contributed by atoms with Gasteiger partial charge in [0.15, 0.2) is 0 Å². The lowest BCUT2D eigenvalue weighted by atomic mass is 10.0. The number of carbonyl (C=O) groups excluding carboxylic acids is 3. The second-order valence-corrected chi connectivity index (χ2v) is 7.70. The Labute approximate surface area is 185 Å². The van der Waals surface area contributed by atoms with Gasteiger partial charge in [0.25, 0.3) is 17.7 Å². The summed E-state index contributed by atoms with van der Waals surface area (Å²) >= 11 is 0. The summed E-state index contributed by atoms with van der Waals surface area (Å²) in [6.07, 6.45) is 2.27. The van der Waals surface area contributed by atoms with E-state index in [9.17, 15) is 19.5 Å². The van der Waals surface area contributed by atoms with Crippen molar-refractivity contribution in [1.29, 1.82) is 0 Å². The average molecular weight is 429 g/mol. The number of phenols is 1. The highest BCUT2D eigenvalue weighted by atomic mass is 16.3. The predicted molar refractivity (Wildman–Crippen MR) is 120 cm³/mol. The van der Waals surface area contributed by atoms with Crippen LogP contribution in [0.5, 0.6) is 5.75 Å². The zero-order valence-corrected chi connectivity index (χ0v) is 17.9. The summed E-state index contributed by atoms with van der Waals surface area (Å²) in [6.45, 7) is 3.85. The van der Waals surface area contributed by atoms with Crippen LogP contribution < -0.4 is 4.90 Å². The zero-order valence-electron chi connectivity index (χ0n) is 17.9. The Morgan fingerprint density at radius 3 is 2.44 bits per heavy atom. The SMILES string of the molecule is CCC(C)N1C(=O)c2ccc(C(=O)N(Cc3ccccn3)c3ccccc3O)cc2C1=O. The minimum Gasteiger partial charge on any atom is -0.506 e. The van der Waals surface area contributed by atoms with E-state index in [1.165, 1.54) is 34.1 Å². The molecule has 1 N–H and O–H groups in total. The van der Waals surface area contributed by atoms with E-state index in [4.69, 9.17) is 0 Å². The first-order chi connectivity index (χ1) is 15.4. The molecule has 32 heavy (non-hydrogen) atoms. The van der Waals surface area contributed by atoms with Crippen LogP contribution >= 0.6 is 0 Å². The maximum Gasteiger partial charge on any atom is 0.261 e. The highest BCUT2D eigenvalue weighted by molar-refractivity contribution is 6.22. The molecule has 0 saturated heterocycles. The summed E-state index contributed by atoms with van der Waals surface area (Å²) in [6, 6.07) is 16.2. The van der Waals surface area contributed by atoms with Crippen molar-refractivity contribution in [1.82, 2.24) is 9.88 Å². The number of rotatable bonds is 6. The van der Waals surface area contributed by atoms with Gasteiger partial charge in [0.05, 0.1) is 29.1 Å². The maximum absolute atomic E-state index is 13.5. The van der Waals surface area contributed by atoms with Crippen LogP contribution in [0.25, 0.3) is 0 Å². The van der Waals surface area contributed by atoms with Crippen molar-refractivity contribution in [2.75, 3.05) is 4.90 Å². The van der Waals surface area contributed by atoms with Crippen molar-refractivity contribution in [2.45, 2.75) is 32.9 Å². The van der Waals surface area contributed by atoms with E-state index in [2.05, 4.69) is 4.98 Å². The van der Waals surface area contributed by atoms with Crippen LogP contribution in [-0.4, -0.2) is 38.8 Å². The maximum atomic E-state index is 13.5. The Balaban J connectivity index is 1.73. The van der Waals surface area contributed by atoms with Gasteiger partial charge in [0, 0.05) is 17.8 Å². The minimum absolute atomic E-state index is 0.0489. The number of anilines is 1. The fourth-order valence-corrected chi connectivity index (χ4v) is 3.74. The topological polar surface area (TPSA) is 90.8 Å². The molecule has 3 amide bonds. The monoisotopic (exact) mass is 429 g/mol. The molecule has 0 saturated carbocycles. The van der Waals surface area contributed by atoms with Gasteiger partial charge >= 0.3 is 0 Å². The molecular formula is C25H23N3O4. The van der Waals surface area contributed by atoms with Gasteiger partial charge in [-0.15, -0.1) is 0 Å². The number of phenolic OH excluding ortho intramolecular Hbond substituents is 1. The van der Waals surface area contributed by atoms with Crippen molar-refractivity contribution < 1.29 is 19.5 Å². The molecule has 1 atom stereocenters. The second-order valence-electron chi connectivity index (χ2n) is 7.70. The zero-order chi connectivity index (χ0) is 22.8. The van der Waals surface area contributed by atoms with Gasteiger partial charge in [-0.2, -0.15) is 0 Å². The fraction of sp³-hybridized carbons (Fsp3) is 0.200. The van der Waals surface area contributed by atoms with Gasteiger partial charge in [0.1, 0.15) is 5.75 Å². The first kappa shape index (κ1) is 21.2. The summed E-state index contributed by atoms with van der Waals surface area (Å²) in [4.78, 5) is 46.1. The number of nitrogens with zero attached hydrogens (tertiary/aromatic N) is 3. The summed E-state index contributed by atoms with van der Waals surface area (Å²) in [5.41, 5.74) is 1.73. The van der Waals surface area contributed by atoms with Gasteiger partial charge in [-0.05, 0) is 55.8 Å². The molecule has 2 heterocycles. The lowest BCUT2D eigenvalue weighted by molar-refractivity contribution is 0.0593. The van der Waals surface area contributed by atoms with Gasteiger partial charge < -0.3 is 5.11 Å². The smallest absolute Gasteiger partial charge is 0.261 e. The number of fused-ring (bicyclic) bond motifs is 1. The molecule has 7 nitrogen and oxygen atoms in total. The number of para-hydroxylation sites is 2. The molecule has 0 aliphatic carbocycles. The first-order valence-electron chi connectivity index (χ1n) is 10.4. The molecule has 162 valence electrons. The third kappa shape index (κ3) is 3.73. The number of aromatic nitrogens is 1. The molecule has 1 aliphatic heterocycles. The van der Waals surface area contributed by atoms with Crippen LogP contribution in [0.1, 0.15) is 57.0 Å². The Kier molecular flexibility index (Phi) is 5.73. The highest BCUT2D eigenvalue weighted by Gasteiger charge is 2.38. The van der Waals surface area contributed by atoms with E-state index in [-0.39, 0.29) is 35.4 Å². The predicted octanol–water partition coefficient (Wildman–Crippen LogP) is 4.03. The van der Waals surface area contributed by atoms with Gasteiger partial charge in [-0.1, -0.05) is 25.1 Å². The van der Waals surface area contributed by atoms with Crippen LogP contribution in [0.3, 0.4) is 0 Å². The molecule has 1 aliphatic rings. The molecule has 3 aromatic rings. The van der Waals surface area contributed by atoms with Crippen molar-refractivity contribution in [3.05, 3.63) is 89.2 Å². The number of aromatic hydroxyl groups is 1. The lowest BCUT2D eigenvalue weighted by Crippen LogP contribution is -2.37. The van der Waals surface area contributed by atoms with Crippen LogP contribution in [-0.2, 0) is 6.54 Å². The summed E-state index contributed by atoms with van der Waals surface area (Å²) < 4.78 is 0. The van der Waals surface area contributed by atoms with E-state index in [1.54, 1.807) is 36.5 Å².